The van der Waals surface area contributed by atoms with Gasteiger partial charge in [-0.25, -0.2) is 0 Å². The molecule has 0 saturated carbocycles. The highest BCUT2D eigenvalue weighted by Gasteiger charge is 2.21. The minimum atomic E-state index is -0.204. The van der Waals surface area contributed by atoms with E-state index in [1.54, 1.807) is 16.7 Å². The number of hydrogen-bond donors (Lipinski definition) is 0. The first-order chi connectivity index (χ1) is 16.2. The Hall–Kier alpha value is -3.47. The van der Waals surface area contributed by atoms with Crippen LogP contribution in [0.2, 0.25) is 5.02 Å². The van der Waals surface area contributed by atoms with E-state index in [9.17, 15) is 10.1 Å². The van der Waals surface area contributed by atoms with Gasteiger partial charge in [-0.2, -0.15) is 5.26 Å². The normalized spacial score (nSPS) is 15.0. The average molecular weight is 474 g/mol. The molecule has 0 spiro atoms. The van der Waals surface area contributed by atoms with E-state index >= 15 is 0 Å². The fourth-order valence-corrected chi connectivity index (χ4v) is 5.34. The zero-order valence-electron chi connectivity index (χ0n) is 17.7. The molecule has 6 nitrogen and oxygen atoms in total. The first-order valence-corrected chi connectivity index (χ1v) is 12.0. The SMILES string of the molecule is N#CC(c1nnc2n1CCCCC2)=c1sc(=Cc2ccccc2Cl)c(=O)n1-c1ccccc1. The van der Waals surface area contributed by atoms with Crippen molar-refractivity contribution < 1.29 is 0 Å². The Morgan fingerprint density at radius 2 is 1.85 bits per heavy atom. The van der Waals surface area contributed by atoms with Crippen molar-refractivity contribution in [3.05, 3.63) is 96.4 Å². The maximum Gasteiger partial charge on any atom is 0.273 e. The summed E-state index contributed by atoms with van der Waals surface area (Å²) in [6.07, 6.45) is 5.81. The summed E-state index contributed by atoms with van der Waals surface area (Å²) in [6, 6.07) is 19.0. The largest absolute Gasteiger partial charge is 0.310 e. The molecule has 2 aromatic carbocycles. The lowest BCUT2D eigenvalue weighted by atomic mass is 10.2. The molecule has 0 aliphatic carbocycles. The van der Waals surface area contributed by atoms with Crippen LogP contribution in [0, 0.1) is 11.3 Å². The van der Waals surface area contributed by atoms with Crippen molar-refractivity contribution >= 4 is 34.6 Å². The van der Waals surface area contributed by atoms with Crippen LogP contribution < -0.4 is 14.8 Å². The van der Waals surface area contributed by atoms with Crippen molar-refractivity contribution in [1.29, 1.82) is 5.26 Å². The maximum absolute atomic E-state index is 13.6. The van der Waals surface area contributed by atoms with Crippen molar-refractivity contribution in [3.63, 3.8) is 0 Å². The van der Waals surface area contributed by atoms with Crippen LogP contribution in [0.15, 0.2) is 59.4 Å². The van der Waals surface area contributed by atoms with Crippen LogP contribution in [0.4, 0.5) is 0 Å². The molecule has 5 rings (SSSR count). The summed E-state index contributed by atoms with van der Waals surface area (Å²) in [4.78, 5) is 13.6. The minimum Gasteiger partial charge on any atom is -0.310 e. The molecule has 8 heteroatoms. The monoisotopic (exact) mass is 473 g/mol. The molecule has 164 valence electrons. The Balaban J connectivity index is 1.85. The van der Waals surface area contributed by atoms with Gasteiger partial charge < -0.3 is 4.57 Å². The number of para-hydroxylation sites is 1. The number of rotatable bonds is 3. The van der Waals surface area contributed by atoms with Crippen LogP contribution in [-0.4, -0.2) is 19.3 Å². The van der Waals surface area contributed by atoms with Crippen LogP contribution in [0.5, 0.6) is 0 Å². The summed E-state index contributed by atoms with van der Waals surface area (Å²) >= 11 is 7.61. The quantitative estimate of drug-likeness (QED) is 0.457. The van der Waals surface area contributed by atoms with E-state index in [0.29, 0.717) is 31.3 Å². The molecule has 0 radical (unpaired) electrons. The summed E-state index contributed by atoms with van der Waals surface area (Å²) in [5, 5.41) is 19.5. The molecule has 0 atom stereocenters. The molecule has 0 fully saturated rings. The first-order valence-electron chi connectivity index (χ1n) is 10.8. The van der Waals surface area contributed by atoms with E-state index in [1.165, 1.54) is 11.3 Å². The third-order valence-corrected chi connectivity index (χ3v) is 7.13. The van der Waals surface area contributed by atoms with Crippen molar-refractivity contribution in [1.82, 2.24) is 19.3 Å². The molecule has 1 aliphatic heterocycles. The first kappa shape index (κ1) is 21.4. The van der Waals surface area contributed by atoms with E-state index in [4.69, 9.17) is 11.6 Å². The third-order valence-electron chi connectivity index (χ3n) is 5.69. The second-order valence-electron chi connectivity index (χ2n) is 7.80. The number of nitrogens with zero attached hydrogens (tertiary/aromatic N) is 5. The predicted molar refractivity (Wildman–Crippen MR) is 130 cm³/mol. The molecular formula is C25H20ClN5OS. The van der Waals surface area contributed by atoms with Gasteiger partial charge in [0.1, 0.15) is 22.1 Å². The third kappa shape index (κ3) is 4.04. The summed E-state index contributed by atoms with van der Waals surface area (Å²) in [7, 11) is 0. The lowest BCUT2D eigenvalue weighted by molar-refractivity contribution is 0.627. The molecule has 0 unspecified atom stereocenters. The second kappa shape index (κ2) is 9.18. The molecule has 0 saturated heterocycles. The Kier molecular flexibility index (Phi) is 5.95. The van der Waals surface area contributed by atoms with E-state index in [-0.39, 0.29) is 5.56 Å². The zero-order chi connectivity index (χ0) is 22.8. The van der Waals surface area contributed by atoms with E-state index < -0.39 is 0 Å². The lowest BCUT2D eigenvalue weighted by Crippen LogP contribution is -2.31. The van der Waals surface area contributed by atoms with Crippen LogP contribution in [0.25, 0.3) is 17.3 Å². The van der Waals surface area contributed by atoms with Gasteiger partial charge in [0.2, 0.25) is 0 Å². The molecule has 2 aromatic heterocycles. The van der Waals surface area contributed by atoms with E-state index in [1.807, 2.05) is 53.1 Å². The Morgan fingerprint density at radius 3 is 2.64 bits per heavy atom. The molecule has 4 aromatic rings. The van der Waals surface area contributed by atoms with Gasteiger partial charge in [-0.15, -0.1) is 21.5 Å². The second-order valence-corrected chi connectivity index (χ2v) is 9.24. The van der Waals surface area contributed by atoms with Gasteiger partial charge in [0.15, 0.2) is 5.82 Å². The average Bonchev–Trinajstić information content (AvgIpc) is 3.27. The molecule has 0 amide bonds. The minimum absolute atomic E-state index is 0.204. The molecule has 0 N–H and O–H groups in total. The number of hydrogen-bond acceptors (Lipinski definition) is 5. The van der Waals surface area contributed by atoms with Crippen molar-refractivity contribution in [2.75, 3.05) is 0 Å². The van der Waals surface area contributed by atoms with Gasteiger partial charge in [0.05, 0.1) is 10.2 Å². The van der Waals surface area contributed by atoms with Crippen LogP contribution in [0.3, 0.4) is 0 Å². The smallest absolute Gasteiger partial charge is 0.273 e. The predicted octanol–water partition coefficient (Wildman–Crippen LogP) is 3.42. The number of fused-ring (bicyclic) bond motifs is 1. The van der Waals surface area contributed by atoms with Crippen molar-refractivity contribution in [2.45, 2.75) is 32.2 Å². The maximum atomic E-state index is 13.6. The van der Waals surface area contributed by atoms with Gasteiger partial charge >= 0.3 is 0 Å². The Bertz CT molecular complexity index is 1540. The summed E-state index contributed by atoms with van der Waals surface area (Å²) in [5.74, 6) is 1.41. The molecular weight excluding hydrogens is 454 g/mol. The van der Waals surface area contributed by atoms with E-state index in [2.05, 4.69) is 16.3 Å². The Labute approximate surface area is 199 Å². The standard InChI is InChI=1S/C25H20ClN5OS/c26-20-12-7-6-9-17(20)15-21-24(32)31(18-10-3-1-4-11-18)25(33-21)19(16-27)23-29-28-22-13-5-2-8-14-30(22)23/h1,3-4,6-7,9-12,15H,2,5,8,13-14H2. The molecule has 3 heterocycles. The van der Waals surface area contributed by atoms with Gasteiger partial charge in [0.25, 0.3) is 5.56 Å². The van der Waals surface area contributed by atoms with Crippen LogP contribution >= 0.6 is 22.9 Å². The Morgan fingerprint density at radius 1 is 1.06 bits per heavy atom. The fourth-order valence-electron chi connectivity index (χ4n) is 4.06. The number of aromatic nitrogens is 4. The lowest BCUT2D eigenvalue weighted by Gasteiger charge is -2.07. The number of benzene rings is 2. The van der Waals surface area contributed by atoms with Gasteiger partial charge in [0, 0.05) is 18.0 Å². The van der Waals surface area contributed by atoms with Crippen LogP contribution in [0.1, 0.15) is 36.5 Å². The summed E-state index contributed by atoms with van der Waals surface area (Å²) < 4.78 is 4.64. The summed E-state index contributed by atoms with van der Waals surface area (Å²) in [5.41, 5.74) is 1.58. The van der Waals surface area contributed by atoms with Crippen molar-refractivity contribution in [3.8, 4) is 11.8 Å². The van der Waals surface area contributed by atoms with Gasteiger partial charge in [-0.05, 0) is 42.7 Å². The number of halogens is 1. The topological polar surface area (TPSA) is 76.5 Å². The van der Waals surface area contributed by atoms with Gasteiger partial charge in [-0.3, -0.25) is 9.36 Å². The van der Waals surface area contributed by atoms with Crippen LogP contribution in [-0.2, 0) is 13.0 Å². The number of nitriles is 1. The summed E-state index contributed by atoms with van der Waals surface area (Å²) in [6.45, 7) is 0.766. The molecule has 0 bridgehead atoms. The highest BCUT2D eigenvalue weighted by Crippen LogP contribution is 2.19. The van der Waals surface area contributed by atoms with Gasteiger partial charge in [-0.1, -0.05) is 54.4 Å². The number of thiazole rings is 1. The molecule has 1 aliphatic rings. The van der Waals surface area contributed by atoms with Crippen molar-refractivity contribution in [2.24, 2.45) is 0 Å². The molecule has 33 heavy (non-hydrogen) atoms. The number of aryl methyl sites for hydroxylation is 1. The highest BCUT2D eigenvalue weighted by atomic mass is 35.5. The fraction of sp³-hybridized carbons (Fsp3) is 0.200. The van der Waals surface area contributed by atoms with E-state index in [0.717, 1.165) is 43.6 Å². The zero-order valence-corrected chi connectivity index (χ0v) is 19.3. The highest BCUT2D eigenvalue weighted by molar-refractivity contribution is 7.07.